The Hall–Kier alpha value is -0.130. The van der Waals surface area contributed by atoms with Crippen LogP contribution in [0.2, 0.25) is 0 Å². The van der Waals surface area contributed by atoms with Gasteiger partial charge in [-0.3, -0.25) is 4.18 Å². The lowest BCUT2D eigenvalue weighted by atomic mass is 10.5. The van der Waals surface area contributed by atoms with Gasteiger partial charge in [-0.1, -0.05) is 13.8 Å². The van der Waals surface area contributed by atoms with Crippen LogP contribution >= 0.6 is 0 Å². The molecule has 4 nitrogen and oxygen atoms in total. The summed E-state index contributed by atoms with van der Waals surface area (Å²) in [6.07, 6.45) is 0. The van der Waals surface area contributed by atoms with E-state index in [-0.39, 0.29) is 5.75 Å². The molecule has 0 unspecified atom stereocenters. The molecular formula is C7H17NO3S. The largest absolute Gasteiger partial charge is 0.303 e. The van der Waals surface area contributed by atoms with Crippen molar-refractivity contribution in [1.82, 2.24) is 4.90 Å². The van der Waals surface area contributed by atoms with Gasteiger partial charge in [0, 0.05) is 6.54 Å². The topological polar surface area (TPSA) is 46.6 Å². The van der Waals surface area contributed by atoms with Crippen molar-refractivity contribution in [2.24, 2.45) is 0 Å². The molecule has 0 amide bonds. The number of rotatable bonds is 6. The second kappa shape index (κ2) is 5.50. The first kappa shape index (κ1) is 11.9. The van der Waals surface area contributed by atoms with E-state index in [1.807, 2.05) is 18.7 Å². The van der Waals surface area contributed by atoms with Gasteiger partial charge in [-0.25, -0.2) is 0 Å². The first-order chi connectivity index (χ1) is 5.55. The first-order valence-corrected chi connectivity index (χ1v) is 5.64. The van der Waals surface area contributed by atoms with Gasteiger partial charge in [0.25, 0.3) is 10.1 Å². The van der Waals surface area contributed by atoms with Crippen LogP contribution in [0.5, 0.6) is 0 Å². The Balaban J connectivity index is 3.81. The summed E-state index contributed by atoms with van der Waals surface area (Å²) in [5.74, 6) is 0.0746. The molecule has 0 aromatic heterocycles. The molecule has 0 aliphatic rings. The summed E-state index contributed by atoms with van der Waals surface area (Å²) in [5, 5.41) is 0. The molecule has 0 bridgehead atoms. The van der Waals surface area contributed by atoms with Gasteiger partial charge >= 0.3 is 0 Å². The van der Waals surface area contributed by atoms with Gasteiger partial charge < -0.3 is 4.90 Å². The zero-order valence-corrected chi connectivity index (χ0v) is 8.73. The Bertz CT molecular complexity index is 197. The van der Waals surface area contributed by atoms with Gasteiger partial charge in [0.1, 0.15) is 0 Å². The SMILES string of the molecule is CCN(CC)CCS(=O)(=O)OC. The molecule has 0 radical (unpaired) electrons. The minimum atomic E-state index is -3.28. The minimum Gasteiger partial charge on any atom is -0.303 e. The lowest BCUT2D eigenvalue weighted by molar-refractivity contribution is 0.314. The van der Waals surface area contributed by atoms with Gasteiger partial charge in [0.05, 0.1) is 12.9 Å². The fourth-order valence-electron chi connectivity index (χ4n) is 0.864. The van der Waals surface area contributed by atoms with Gasteiger partial charge in [-0.2, -0.15) is 8.42 Å². The van der Waals surface area contributed by atoms with Crippen LogP contribution in [0.25, 0.3) is 0 Å². The van der Waals surface area contributed by atoms with E-state index in [0.29, 0.717) is 6.54 Å². The molecule has 0 heterocycles. The molecule has 0 aromatic carbocycles. The van der Waals surface area contributed by atoms with Crippen LogP contribution in [0.4, 0.5) is 0 Å². The Morgan fingerprint density at radius 1 is 1.25 bits per heavy atom. The molecule has 0 aliphatic heterocycles. The van der Waals surface area contributed by atoms with Crippen LogP contribution in [0.1, 0.15) is 13.8 Å². The zero-order valence-electron chi connectivity index (χ0n) is 7.91. The molecule has 0 N–H and O–H groups in total. The molecule has 74 valence electrons. The molecule has 0 rings (SSSR count). The minimum absolute atomic E-state index is 0.0746. The summed E-state index contributed by atoms with van der Waals surface area (Å²) >= 11 is 0. The number of hydrogen-bond acceptors (Lipinski definition) is 4. The van der Waals surface area contributed by atoms with Crippen LogP contribution < -0.4 is 0 Å². The van der Waals surface area contributed by atoms with Gasteiger partial charge in [-0.05, 0) is 13.1 Å². The Morgan fingerprint density at radius 3 is 2.08 bits per heavy atom. The molecule has 0 fully saturated rings. The highest BCUT2D eigenvalue weighted by molar-refractivity contribution is 7.86. The van der Waals surface area contributed by atoms with Crippen molar-refractivity contribution in [2.75, 3.05) is 32.5 Å². The predicted octanol–water partition coefficient (Wildman–Crippen LogP) is 0.304. The van der Waals surface area contributed by atoms with Crippen molar-refractivity contribution < 1.29 is 12.6 Å². The van der Waals surface area contributed by atoms with E-state index in [1.165, 1.54) is 7.11 Å². The normalized spacial score (nSPS) is 12.3. The van der Waals surface area contributed by atoms with E-state index < -0.39 is 10.1 Å². The maximum atomic E-state index is 10.9. The molecule has 12 heavy (non-hydrogen) atoms. The fourth-order valence-corrected chi connectivity index (χ4v) is 1.51. The summed E-state index contributed by atoms with van der Waals surface area (Å²) in [5.41, 5.74) is 0. The van der Waals surface area contributed by atoms with E-state index in [2.05, 4.69) is 4.18 Å². The Kier molecular flexibility index (Phi) is 5.44. The summed E-state index contributed by atoms with van der Waals surface area (Å²) in [6, 6.07) is 0. The quantitative estimate of drug-likeness (QED) is 0.572. The summed E-state index contributed by atoms with van der Waals surface area (Å²) in [6.45, 7) is 6.29. The molecular weight excluding hydrogens is 178 g/mol. The number of nitrogens with zero attached hydrogens (tertiary/aromatic N) is 1. The van der Waals surface area contributed by atoms with Crippen LogP contribution in [-0.4, -0.2) is 45.8 Å². The standard InChI is InChI=1S/C7H17NO3S/c1-4-8(5-2)6-7-12(9,10)11-3/h4-7H2,1-3H3. The van der Waals surface area contributed by atoms with Crippen LogP contribution in [0, 0.1) is 0 Å². The average Bonchev–Trinajstić information content (AvgIpc) is 2.06. The highest BCUT2D eigenvalue weighted by atomic mass is 32.2. The Morgan fingerprint density at radius 2 is 1.75 bits per heavy atom. The second-order valence-corrected chi connectivity index (χ2v) is 4.31. The number of hydrogen-bond donors (Lipinski definition) is 0. The lowest BCUT2D eigenvalue weighted by Crippen LogP contribution is -2.29. The van der Waals surface area contributed by atoms with Crippen molar-refractivity contribution >= 4 is 10.1 Å². The van der Waals surface area contributed by atoms with Crippen molar-refractivity contribution in [3.05, 3.63) is 0 Å². The second-order valence-electron chi connectivity index (χ2n) is 2.46. The van der Waals surface area contributed by atoms with Crippen molar-refractivity contribution in [1.29, 1.82) is 0 Å². The molecule has 0 saturated heterocycles. The first-order valence-electron chi connectivity index (χ1n) is 4.06. The maximum Gasteiger partial charge on any atom is 0.268 e. The molecule has 0 atom stereocenters. The summed E-state index contributed by atoms with van der Waals surface area (Å²) in [7, 11) is -2.08. The molecule has 0 spiro atoms. The monoisotopic (exact) mass is 195 g/mol. The third kappa shape index (κ3) is 4.69. The van der Waals surface area contributed by atoms with Gasteiger partial charge in [0.2, 0.25) is 0 Å². The summed E-state index contributed by atoms with van der Waals surface area (Å²) < 4.78 is 26.1. The van der Waals surface area contributed by atoms with E-state index in [0.717, 1.165) is 13.1 Å². The molecule has 0 saturated carbocycles. The lowest BCUT2D eigenvalue weighted by Gasteiger charge is -2.16. The van der Waals surface area contributed by atoms with E-state index in [4.69, 9.17) is 0 Å². The van der Waals surface area contributed by atoms with E-state index in [9.17, 15) is 8.42 Å². The van der Waals surface area contributed by atoms with Gasteiger partial charge in [-0.15, -0.1) is 0 Å². The third-order valence-corrected chi connectivity index (χ3v) is 3.00. The fraction of sp³-hybridized carbons (Fsp3) is 1.00. The zero-order chi connectivity index (χ0) is 9.61. The van der Waals surface area contributed by atoms with Crippen LogP contribution in [-0.2, 0) is 14.3 Å². The van der Waals surface area contributed by atoms with Crippen LogP contribution in [0.3, 0.4) is 0 Å². The average molecular weight is 195 g/mol. The van der Waals surface area contributed by atoms with Crippen LogP contribution in [0.15, 0.2) is 0 Å². The third-order valence-electron chi connectivity index (χ3n) is 1.81. The maximum absolute atomic E-state index is 10.9. The highest BCUT2D eigenvalue weighted by Gasteiger charge is 2.10. The highest BCUT2D eigenvalue weighted by Crippen LogP contribution is 1.93. The van der Waals surface area contributed by atoms with E-state index in [1.54, 1.807) is 0 Å². The van der Waals surface area contributed by atoms with Crippen molar-refractivity contribution in [3.63, 3.8) is 0 Å². The summed E-state index contributed by atoms with van der Waals surface area (Å²) in [4.78, 5) is 2.04. The molecule has 0 aliphatic carbocycles. The van der Waals surface area contributed by atoms with E-state index >= 15 is 0 Å². The predicted molar refractivity (Wildman–Crippen MR) is 48.6 cm³/mol. The molecule has 0 aromatic rings. The van der Waals surface area contributed by atoms with Gasteiger partial charge in [0.15, 0.2) is 0 Å². The van der Waals surface area contributed by atoms with Crippen molar-refractivity contribution in [3.8, 4) is 0 Å². The molecule has 5 heteroatoms. The Labute approximate surface area is 74.6 Å². The smallest absolute Gasteiger partial charge is 0.268 e. The van der Waals surface area contributed by atoms with Crippen molar-refractivity contribution in [2.45, 2.75) is 13.8 Å².